The number of aromatic nitrogens is 6. The van der Waals surface area contributed by atoms with Gasteiger partial charge in [-0.25, -0.2) is 19.6 Å². The van der Waals surface area contributed by atoms with Crippen molar-refractivity contribution in [3.8, 4) is 12.0 Å². The summed E-state index contributed by atoms with van der Waals surface area (Å²) in [7, 11) is 0. The van der Waals surface area contributed by atoms with Crippen LogP contribution >= 0.6 is 0 Å². The molecule has 12 nitrogen and oxygen atoms in total. The Morgan fingerprint density at radius 3 is 1.59 bits per heavy atom. The summed E-state index contributed by atoms with van der Waals surface area (Å²) in [5.74, 6) is -1.49. The number of fused-ring (bicyclic) bond motifs is 2. The monoisotopic (exact) mass is 684 g/mol. The number of carboxylic acids is 1. The Morgan fingerprint density at radius 1 is 0.608 bits per heavy atom. The second kappa shape index (κ2) is 16.2. The van der Waals surface area contributed by atoms with Crippen molar-refractivity contribution >= 4 is 34.3 Å². The molecular weight excluding hydrogens is 648 g/mol. The molecule has 0 saturated carbocycles. The van der Waals surface area contributed by atoms with Crippen LogP contribution in [0.4, 0.5) is 0 Å². The van der Waals surface area contributed by atoms with Gasteiger partial charge in [-0.2, -0.15) is 9.97 Å². The minimum Gasteiger partial charge on any atom is -0.479 e. The maximum absolute atomic E-state index is 12.1. The zero-order chi connectivity index (χ0) is 35.6. The molecule has 12 heteroatoms. The molecule has 7 rings (SSSR count). The molecule has 258 valence electrons. The third kappa shape index (κ3) is 9.12. The lowest BCUT2D eigenvalue weighted by atomic mass is 10.1. The largest absolute Gasteiger partial charge is 0.479 e. The van der Waals surface area contributed by atoms with Crippen LogP contribution in [0.15, 0.2) is 116 Å². The van der Waals surface area contributed by atoms with Crippen LogP contribution in [0, 0.1) is 13.8 Å². The summed E-state index contributed by atoms with van der Waals surface area (Å²) in [6.07, 6.45) is 3.39. The summed E-state index contributed by atoms with van der Waals surface area (Å²) >= 11 is 0. The van der Waals surface area contributed by atoms with E-state index >= 15 is 0 Å². The molecule has 4 aromatic heterocycles. The van der Waals surface area contributed by atoms with E-state index in [1.165, 1.54) is 11.1 Å². The SMILES string of the molecule is Cc1ccc(Cn2c(OCC(=O)O)nc3cccnc32)cc1.Cc1ccc(Cn2c(OCC(=O)OCc3ccccc3)nc3cccnc32)cc1. The Kier molecular flexibility index (Phi) is 10.9. The fourth-order valence-electron chi connectivity index (χ4n) is 5.16. The summed E-state index contributed by atoms with van der Waals surface area (Å²) < 4.78 is 19.9. The Hall–Kier alpha value is -6.56. The number of aliphatic carboxylic acids is 1. The average molecular weight is 685 g/mol. The molecule has 0 amide bonds. The smallest absolute Gasteiger partial charge is 0.344 e. The van der Waals surface area contributed by atoms with E-state index in [2.05, 4.69) is 44.2 Å². The number of carbonyl (C=O) groups excluding carboxylic acids is 1. The van der Waals surface area contributed by atoms with E-state index in [-0.39, 0.29) is 19.2 Å². The fourth-order valence-corrected chi connectivity index (χ4v) is 5.16. The Bertz CT molecular complexity index is 2230. The van der Waals surface area contributed by atoms with E-state index in [0.717, 1.165) is 16.7 Å². The molecule has 51 heavy (non-hydrogen) atoms. The van der Waals surface area contributed by atoms with Crippen molar-refractivity contribution in [3.63, 3.8) is 0 Å². The van der Waals surface area contributed by atoms with Gasteiger partial charge in [-0.15, -0.1) is 0 Å². The van der Waals surface area contributed by atoms with Gasteiger partial charge in [0.1, 0.15) is 17.6 Å². The molecule has 3 aromatic carbocycles. The van der Waals surface area contributed by atoms with E-state index in [4.69, 9.17) is 19.3 Å². The Morgan fingerprint density at radius 2 is 1.10 bits per heavy atom. The van der Waals surface area contributed by atoms with Gasteiger partial charge < -0.3 is 19.3 Å². The third-order valence-electron chi connectivity index (χ3n) is 7.75. The van der Waals surface area contributed by atoms with Crippen molar-refractivity contribution in [2.75, 3.05) is 13.2 Å². The first-order chi connectivity index (χ1) is 24.8. The molecule has 0 spiro atoms. The topological polar surface area (TPSA) is 143 Å². The molecule has 0 fully saturated rings. The zero-order valence-electron chi connectivity index (χ0n) is 28.2. The summed E-state index contributed by atoms with van der Waals surface area (Å²) in [6.45, 7) is 4.70. The second-order valence-corrected chi connectivity index (χ2v) is 11.7. The van der Waals surface area contributed by atoms with Crippen molar-refractivity contribution in [1.29, 1.82) is 0 Å². The van der Waals surface area contributed by atoms with Crippen LogP contribution in [0.25, 0.3) is 22.3 Å². The molecule has 1 N–H and O–H groups in total. The molecule has 0 bridgehead atoms. The molecule has 0 radical (unpaired) electrons. The summed E-state index contributed by atoms with van der Waals surface area (Å²) in [5.41, 5.74) is 8.23. The minimum atomic E-state index is -1.04. The van der Waals surface area contributed by atoms with Crippen LogP contribution in [0.5, 0.6) is 12.0 Å². The number of hydrogen-bond donors (Lipinski definition) is 1. The lowest BCUT2D eigenvalue weighted by Gasteiger charge is -2.10. The van der Waals surface area contributed by atoms with Crippen molar-refractivity contribution < 1.29 is 28.9 Å². The number of carboxylic acid groups (broad SMARTS) is 1. The van der Waals surface area contributed by atoms with Crippen molar-refractivity contribution in [2.24, 2.45) is 0 Å². The number of imidazole rings is 2. The number of pyridine rings is 2. The number of ether oxygens (including phenoxy) is 3. The van der Waals surface area contributed by atoms with Gasteiger partial charge in [0.25, 0.3) is 12.0 Å². The molecule has 0 saturated heterocycles. The van der Waals surface area contributed by atoms with Crippen LogP contribution in [0.2, 0.25) is 0 Å². The third-order valence-corrected chi connectivity index (χ3v) is 7.75. The van der Waals surface area contributed by atoms with Crippen LogP contribution in [-0.2, 0) is 34.0 Å². The Labute approximate surface area is 293 Å². The standard InChI is InChI=1S/C23H21N3O3.C16H15N3O3/c1-17-9-11-18(12-10-17)14-26-22-20(8-5-13-24-22)25-23(26)29-16-21(27)28-15-19-6-3-2-4-7-19;1-11-4-6-12(7-5-11)9-19-15-13(3-2-8-17-15)18-16(19)22-10-14(20)21/h2-13H,14-16H2,1H3;2-8H,9-10H2,1H3,(H,20,21). The number of nitrogens with zero attached hydrogens (tertiary/aromatic N) is 6. The first-order valence-corrected chi connectivity index (χ1v) is 16.2. The van der Waals surface area contributed by atoms with Gasteiger partial charge in [-0.1, -0.05) is 90.0 Å². The maximum Gasteiger partial charge on any atom is 0.344 e. The number of rotatable bonds is 12. The van der Waals surface area contributed by atoms with E-state index in [0.29, 0.717) is 41.4 Å². The van der Waals surface area contributed by atoms with Gasteiger partial charge in [-0.05, 0) is 54.8 Å². The van der Waals surface area contributed by atoms with E-state index in [1.807, 2.05) is 91.2 Å². The highest BCUT2D eigenvalue weighted by Crippen LogP contribution is 2.23. The van der Waals surface area contributed by atoms with Gasteiger partial charge >= 0.3 is 11.9 Å². The Balaban J connectivity index is 0.000000183. The number of aryl methyl sites for hydroxylation is 2. The molecule has 7 aromatic rings. The maximum atomic E-state index is 12.1. The van der Waals surface area contributed by atoms with Gasteiger partial charge in [0.2, 0.25) is 0 Å². The van der Waals surface area contributed by atoms with Crippen LogP contribution < -0.4 is 9.47 Å². The van der Waals surface area contributed by atoms with E-state index in [9.17, 15) is 9.59 Å². The predicted octanol–water partition coefficient (Wildman–Crippen LogP) is 6.16. The number of esters is 1. The average Bonchev–Trinajstić information content (AvgIpc) is 3.68. The van der Waals surface area contributed by atoms with Gasteiger partial charge in [0.05, 0.1) is 13.1 Å². The lowest BCUT2D eigenvalue weighted by molar-refractivity contribution is -0.147. The highest BCUT2D eigenvalue weighted by atomic mass is 16.6. The van der Waals surface area contributed by atoms with E-state index in [1.54, 1.807) is 23.0 Å². The van der Waals surface area contributed by atoms with Crippen LogP contribution in [0.1, 0.15) is 27.8 Å². The van der Waals surface area contributed by atoms with Crippen LogP contribution in [-0.4, -0.2) is 59.3 Å². The molecule has 0 atom stereocenters. The first-order valence-electron chi connectivity index (χ1n) is 16.2. The van der Waals surface area contributed by atoms with Crippen molar-refractivity contribution in [1.82, 2.24) is 29.1 Å². The first kappa shape index (κ1) is 34.3. The molecule has 0 aliphatic rings. The van der Waals surface area contributed by atoms with Crippen molar-refractivity contribution in [2.45, 2.75) is 33.5 Å². The van der Waals surface area contributed by atoms with Gasteiger partial charge in [0, 0.05) is 12.4 Å². The molecule has 0 aliphatic carbocycles. The zero-order valence-corrected chi connectivity index (χ0v) is 28.2. The quantitative estimate of drug-likeness (QED) is 0.149. The highest BCUT2D eigenvalue weighted by Gasteiger charge is 2.16. The second-order valence-electron chi connectivity index (χ2n) is 11.7. The van der Waals surface area contributed by atoms with Crippen molar-refractivity contribution in [3.05, 3.63) is 143 Å². The summed E-state index contributed by atoms with van der Waals surface area (Å²) in [4.78, 5) is 40.4. The lowest BCUT2D eigenvalue weighted by Crippen LogP contribution is -2.17. The molecule has 0 aliphatic heterocycles. The normalized spacial score (nSPS) is 10.8. The van der Waals surface area contributed by atoms with E-state index < -0.39 is 18.5 Å². The number of hydrogen-bond acceptors (Lipinski definition) is 9. The van der Waals surface area contributed by atoms with Gasteiger partial charge in [0.15, 0.2) is 24.5 Å². The summed E-state index contributed by atoms with van der Waals surface area (Å²) in [5, 5.41) is 8.78. The fraction of sp³-hybridized carbons (Fsp3) is 0.179. The highest BCUT2D eigenvalue weighted by molar-refractivity contribution is 5.74. The minimum absolute atomic E-state index is 0.213. The molecular formula is C39H36N6O6. The number of carbonyl (C=O) groups is 2. The van der Waals surface area contributed by atoms with Crippen LogP contribution in [0.3, 0.4) is 0 Å². The molecule has 4 heterocycles. The predicted molar refractivity (Wildman–Crippen MR) is 190 cm³/mol. The summed E-state index contributed by atoms with van der Waals surface area (Å²) in [6, 6.07) is 33.8. The molecule has 0 unspecified atom stereocenters. The van der Waals surface area contributed by atoms with Gasteiger partial charge in [-0.3, -0.25) is 9.13 Å². The number of benzene rings is 3.